The zero-order valence-electron chi connectivity index (χ0n) is 24.3. The molecule has 1 heterocycles. The molecule has 0 saturated heterocycles. The molecule has 0 spiro atoms. The number of carbonyl (C=O) groups excluding carboxylic acids is 1. The van der Waals surface area contributed by atoms with Gasteiger partial charge in [0.25, 0.3) is 0 Å². The van der Waals surface area contributed by atoms with Crippen molar-refractivity contribution in [1.29, 1.82) is 0 Å². The van der Waals surface area contributed by atoms with Gasteiger partial charge >= 0.3 is 0 Å². The maximum atomic E-state index is 14.3. The summed E-state index contributed by atoms with van der Waals surface area (Å²) in [5.74, 6) is 0.139. The molecular weight excluding hydrogens is 601 g/mol. The molecule has 0 aliphatic rings. The van der Waals surface area contributed by atoms with Crippen LogP contribution in [0.1, 0.15) is 5.56 Å². The van der Waals surface area contributed by atoms with Crippen LogP contribution in [0.4, 0.5) is 38.8 Å². The van der Waals surface area contributed by atoms with Gasteiger partial charge in [0.2, 0.25) is 16.8 Å². The van der Waals surface area contributed by atoms with Gasteiger partial charge in [0.15, 0.2) is 11.6 Å². The number of amides is 1. The standard InChI is InChI=1S/C31H30FN7O5S/c1-43-23-14-21(15-24(16-23)44-2)36-30-31(38-28-9-4-3-8-27(28)37-30)39(45(41)42)22-7-5-6-20(13-22)35-29(40)18-34-26-11-10-19(17-33)12-25(26)32/h3-16,34,45H,17-18,33H2,1-2H3,(H,35,40)(H,36,37). The molecule has 1 aromatic heterocycles. The van der Waals surface area contributed by atoms with Crippen LogP contribution in [0.3, 0.4) is 0 Å². The fourth-order valence-electron chi connectivity index (χ4n) is 4.46. The number of hydrogen-bond acceptors (Lipinski definition) is 10. The van der Waals surface area contributed by atoms with Gasteiger partial charge in [-0.2, -0.15) is 0 Å². The van der Waals surface area contributed by atoms with E-state index in [0.29, 0.717) is 39.5 Å². The topological polar surface area (TPSA) is 161 Å². The molecule has 12 nitrogen and oxygen atoms in total. The van der Waals surface area contributed by atoms with Crippen LogP contribution in [-0.4, -0.2) is 45.1 Å². The molecule has 0 aliphatic carbocycles. The lowest BCUT2D eigenvalue weighted by atomic mass is 10.2. The predicted molar refractivity (Wildman–Crippen MR) is 173 cm³/mol. The SMILES string of the molecule is COc1cc(Nc2nc3ccccc3nc2N(c2cccc(NC(=O)CNc3ccc(CN)cc3F)c2)[SH](=O)=O)cc(OC)c1. The maximum absolute atomic E-state index is 14.3. The van der Waals surface area contributed by atoms with E-state index < -0.39 is 22.6 Å². The minimum absolute atomic E-state index is 0.00635. The third-order valence-corrected chi connectivity index (χ3v) is 7.36. The van der Waals surface area contributed by atoms with Crippen molar-refractivity contribution in [3.8, 4) is 11.5 Å². The number of nitrogens with one attached hydrogen (secondary N) is 3. The third kappa shape index (κ3) is 7.37. The van der Waals surface area contributed by atoms with Gasteiger partial charge in [-0.3, -0.25) is 4.79 Å². The molecule has 5 rings (SSSR count). The molecule has 14 heteroatoms. The molecule has 5 N–H and O–H groups in total. The van der Waals surface area contributed by atoms with Crippen molar-refractivity contribution in [2.75, 3.05) is 41.0 Å². The Balaban J connectivity index is 1.45. The Labute approximate surface area is 260 Å². The lowest BCUT2D eigenvalue weighted by Crippen LogP contribution is -2.23. The van der Waals surface area contributed by atoms with Gasteiger partial charge in [-0.05, 0) is 48.0 Å². The highest BCUT2D eigenvalue weighted by atomic mass is 32.2. The summed E-state index contributed by atoms with van der Waals surface area (Å²) in [6, 6.07) is 22.8. The van der Waals surface area contributed by atoms with Crippen molar-refractivity contribution in [1.82, 2.24) is 9.97 Å². The molecule has 5 aromatic rings. The molecule has 0 bridgehead atoms. The first-order valence-electron chi connectivity index (χ1n) is 13.6. The Morgan fingerprint density at radius 3 is 2.24 bits per heavy atom. The first-order valence-corrected chi connectivity index (χ1v) is 14.7. The third-order valence-electron chi connectivity index (χ3n) is 6.61. The second kappa shape index (κ2) is 13.9. The number of ether oxygens (including phenoxy) is 2. The Kier molecular flexibility index (Phi) is 9.55. The highest BCUT2D eigenvalue weighted by Crippen LogP contribution is 2.35. The normalized spacial score (nSPS) is 10.9. The molecule has 0 saturated carbocycles. The van der Waals surface area contributed by atoms with Crippen molar-refractivity contribution in [2.24, 2.45) is 5.73 Å². The number of nitrogens with zero attached hydrogens (tertiary/aromatic N) is 3. The Morgan fingerprint density at radius 1 is 0.889 bits per heavy atom. The van der Waals surface area contributed by atoms with Gasteiger partial charge < -0.3 is 31.2 Å². The van der Waals surface area contributed by atoms with E-state index in [1.807, 2.05) is 0 Å². The van der Waals surface area contributed by atoms with Gasteiger partial charge in [0.05, 0.1) is 43.2 Å². The highest BCUT2D eigenvalue weighted by Gasteiger charge is 2.22. The summed E-state index contributed by atoms with van der Waals surface area (Å²) < 4.78 is 51.6. The number of methoxy groups -OCH3 is 2. The molecule has 232 valence electrons. The zero-order valence-corrected chi connectivity index (χ0v) is 25.2. The van der Waals surface area contributed by atoms with Gasteiger partial charge in [-0.15, -0.1) is 0 Å². The second-order valence-corrected chi connectivity index (χ2v) is 10.5. The lowest BCUT2D eigenvalue weighted by molar-refractivity contribution is -0.114. The average molecular weight is 632 g/mol. The highest BCUT2D eigenvalue weighted by molar-refractivity contribution is 7.74. The number of halogens is 1. The van der Waals surface area contributed by atoms with E-state index in [9.17, 15) is 17.6 Å². The molecule has 0 aliphatic heterocycles. The number of aromatic nitrogens is 2. The predicted octanol–water partition coefficient (Wildman–Crippen LogP) is 4.70. The summed E-state index contributed by atoms with van der Waals surface area (Å²) >= 11 is 0. The van der Waals surface area contributed by atoms with E-state index in [1.54, 1.807) is 66.7 Å². The fraction of sp³-hybridized carbons (Fsp3) is 0.129. The summed E-state index contributed by atoms with van der Waals surface area (Å²) in [6.45, 7) is -0.0467. The average Bonchev–Trinajstić information content (AvgIpc) is 3.04. The number of para-hydroxylation sites is 2. The number of fused-ring (bicyclic) bond motifs is 1. The molecule has 45 heavy (non-hydrogen) atoms. The molecule has 0 radical (unpaired) electrons. The van der Waals surface area contributed by atoms with Crippen LogP contribution in [0.15, 0.2) is 84.9 Å². The zero-order chi connectivity index (χ0) is 31.9. The van der Waals surface area contributed by atoms with Gasteiger partial charge in [0.1, 0.15) is 17.3 Å². The molecule has 4 aromatic carbocycles. The quantitative estimate of drug-likeness (QED) is 0.122. The first-order chi connectivity index (χ1) is 21.8. The second-order valence-electron chi connectivity index (χ2n) is 9.63. The number of anilines is 6. The van der Waals surface area contributed by atoms with Crippen molar-refractivity contribution >= 4 is 62.2 Å². The van der Waals surface area contributed by atoms with E-state index in [1.165, 1.54) is 32.4 Å². The molecule has 0 atom stereocenters. The van der Waals surface area contributed by atoms with Crippen LogP contribution in [0.2, 0.25) is 0 Å². The Hall–Kier alpha value is -5.47. The van der Waals surface area contributed by atoms with Crippen LogP contribution in [-0.2, 0) is 22.2 Å². The number of rotatable bonds is 12. The monoisotopic (exact) mass is 631 g/mol. The van der Waals surface area contributed by atoms with Crippen molar-refractivity contribution < 1.29 is 27.1 Å². The number of nitrogens with two attached hydrogens (primary N) is 1. The van der Waals surface area contributed by atoms with Gasteiger partial charge in [-0.25, -0.2) is 27.1 Å². The molecule has 0 unspecified atom stereocenters. The van der Waals surface area contributed by atoms with Crippen LogP contribution >= 0.6 is 0 Å². The van der Waals surface area contributed by atoms with E-state index in [4.69, 9.17) is 15.2 Å². The van der Waals surface area contributed by atoms with E-state index in [0.717, 1.165) is 4.31 Å². The number of thiol groups is 1. The van der Waals surface area contributed by atoms with Crippen molar-refractivity contribution in [3.63, 3.8) is 0 Å². The molecule has 1 amide bonds. The largest absolute Gasteiger partial charge is 0.497 e. The van der Waals surface area contributed by atoms with Gasteiger partial charge in [0, 0.05) is 36.1 Å². The summed E-state index contributed by atoms with van der Waals surface area (Å²) in [6.07, 6.45) is 0. The summed E-state index contributed by atoms with van der Waals surface area (Å²) in [7, 11) is -0.259. The maximum Gasteiger partial charge on any atom is 0.243 e. The van der Waals surface area contributed by atoms with Crippen LogP contribution in [0.5, 0.6) is 11.5 Å². The number of carbonyl (C=O) groups is 1. The van der Waals surface area contributed by atoms with E-state index in [2.05, 4.69) is 25.9 Å². The molecule has 0 fully saturated rings. The van der Waals surface area contributed by atoms with Crippen LogP contribution in [0, 0.1) is 5.82 Å². The van der Waals surface area contributed by atoms with Crippen LogP contribution < -0.4 is 35.5 Å². The minimum Gasteiger partial charge on any atom is -0.497 e. The molecular formula is C31H30FN7O5S. The van der Waals surface area contributed by atoms with E-state index >= 15 is 0 Å². The summed E-state index contributed by atoms with van der Waals surface area (Å²) in [4.78, 5) is 22.0. The fourth-order valence-corrected chi connectivity index (χ4v) is 5.06. The van der Waals surface area contributed by atoms with E-state index in [-0.39, 0.29) is 36.1 Å². The summed E-state index contributed by atoms with van der Waals surface area (Å²) in [5.41, 5.74) is 8.32. The first kappa shape index (κ1) is 31.0. The number of benzene rings is 4. The Morgan fingerprint density at radius 2 is 1.60 bits per heavy atom. The lowest BCUT2D eigenvalue weighted by Gasteiger charge is -2.21. The van der Waals surface area contributed by atoms with Crippen LogP contribution in [0.25, 0.3) is 11.0 Å². The Bertz CT molecular complexity index is 1910. The smallest absolute Gasteiger partial charge is 0.243 e. The van der Waals surface area contributed by atoms with Gasteiger partial charge in [-0.1, -0.05) is 24.3 Å². The summed E-state index contributed by atoms with van der Waals surface area (Å²) in [5, 5.41) is 8.60. The van der Waals surface area contributed by atoms with Crippen molar-refractivity contribution in [3.05, 3.63) is 96.3 Å². The van der Waals surface area contributed by atoms with Crippen molar-refractivity contribution in [2.45, 2.75) is 6.54 Å². The number of hydrogen-bond donors (Lipinski definition) is 5. The minimum atomic E-state index is -3.29.